The highest BCUT2D eigenvalue weighted by Crippen LogP contribution is 2.35. The van der Waals surface area contributed by atoms with Crippen LogP contribution in [-0.2, 0) is 22.6 Å². The summed E-state index contributed by atoms with van der Waals surface area (Å²) in [5.74, 6) is 0.676. The molecule has 3 aromatic carbocycles. The Balaban J connectivity index is 0.00000320. The van der Waals surface area contributed by atoms with E-state index < -0.39 is 5.66 Å². The van der Waals surface area contributed by atoms with Gasteiger partial charge in [-0.1, -0.05) is 72.3 Å². The van der Waals surface area contributed by atoms with Crippen LogP contribution in [0.2, 0.25) is 5.02 Å². The second-order valence-electron chi connectivity index (χ2n) is 9.45. The number of halogens is 2. The maximum atomic E-state index is 13.6. The number of ether oxygens (including phenoxy) is 1. The highest BCUT2D eigenvalue weighted by Gasteiger charge is 2.51. The van der Waals surface area contributed by atoms with Gasteiger partial charge < -0.3 is 14.5 Å². The van der Waals surface area contributed by atoms with Crippen molar-refractivity contribution in [1.82, 2.24) is 15.1 Å². The molecule has 0 radical (unpaired) electrons. The minimum atomic E-state index is -0.472. The van der Waals surface area contributed by atoms with E-state index in [1.54, 1.807) is 24.3 Å². The summed E-state index contributed by atoms with van der Waals surface area (Å²) in [6, 6.07) is 26.9. The van der Waals surface area contributed by atoms with Gasteiger partial charge in [-0.3, -0.25) is 14.9 Å². The first kappa shape index (κ1) is 27.0. The second-order valence-corrected chi connectivity index (χ2v) is 9.89. The van der Waals surface area contributed by atoms with Gasteiger partial charge in [-0.05, 0) is 41.8 Å². The minimum absolute atomic E-state index is 0. The Morgan fingerprint density at radius 1 is 0.919 bits per heavy atom. The van der Waals surface area contributed by atoms with E-state index in [4.69, 9.17) is 16.3 Å². The number of hydrogen-bond acceptors (Lipinski definition) is 4. The molecule has 1 N–H and O–H groups in total. The quantitative estimate of drug-likeness (QED) is 0.472. The predicted octanol–water partition coefficient (Wildman–Crippen LogP) is 4.70. The largest absolute Gasteiger partial charge is 0.484 e. The lowest BCUT2D eigenvalue weighted by Gasteiger charge is -2.44. The van der Waals surface area contributed by atoms with Crippen LogP contribution in [0.4, 0.5) is 0 Å². The van der Waals surface area contributed by atoms with E-state index in [0.717, 1.165) is 11.1 Å². The molecule has 2 fully saturated rings. The molecule has 1 atom stereocenters. The fourth-order valence-corrected chi connectivity index (χ4v) is 5.28. The summed E-state index contributed by atoms with van der Waals surface area (Å²) in [6.07, 6.45) is 1.98. The molecule has 1 spiro atoms. The lowest BCUT2D eigenvalue weighted by Crippen LogP contribution is -2.59. The Morgan fingerprint density at radius 3 is 2.14 bits per heavy atom. The zero-order valence-electron chi connectivity index (χ0n) is 20.5. The molecule has 2 aliphatic rings. The summed E-state index contributed by atoms with van der Waals surface area (Å²) in [6.45, 7) is 1.65. The van der Waals surface area contributed by atoms with Crippen LogP contribution in [0.5, 0.6) is 5.75 Å². The van der Waals surface area contributed by atoms with E-state index in [2.05, 4.69) is 29.6 Å². The molecule has 8 heteroatoms. The molecule has 194 valence electrons. The van der Waals surface area contributed by atoms with Crippen LogP contribution >= 0.6 is 24.0 Å². The molecular weight excluding hydrogens is 509 g/mol. The fraction of sp³-hybridized carbons (Fsp3) is 0.310. The third-order valence-corrected chi connectivity index (χ3v) is 7.36. The maximum absolute atomic E-state index is 13.6. The SMILES string of the molecule is Cl.O=C(COc1ccc(Cl)cc1)N1CCC2(CC1)N[C@@H](Cc1ccccc1)C(=O)N2Cc1ccccc1. The Labute approximate surface area is 229 Å². The Hall–Kier alpha value is -3.06. The van der Waals surface area contributed by atoms with Crippen LogP contribution in [0.1, 0.15) is 24.0 Å². The smallest absolute Gasteiger partial charge is 0.260 e. The molecule has 0 bridgehead atoms. The van der Waals surface area contributed by atoms with E-state index in [-0.39, 0.29) is 36.9 Å². The van der Waals surface area contributed by atoms with Crippen LogP contribution in [0.25, 0.3) is 0 Å². The standard InChI is InChI=1S/C29H30ClN3O3.ClH/c30-24-11-13-25(14-12-24)36-21-27(34)32-17-15-29(16-18-32)31-26(19-22-7-3-1-4-8-22)28(35)33(29)20-23-9-5-2-6-10-23;/h1-14,26,31H,15-21H2;1H/t26-;/m0./s1. The zero-order valence-corrected chi connectivity index (χ0v) is 22.1. The molecule has 37 heavy (non-hydrogen) atoms. The van der Waals surface area contributed by atoms with E-state index in [1.807, 2.05) is 46.2 Å². The second kappa shape index (κ2) is 12.0. The lowest BCUT2D eigenvalue weighted by atomic mass is 9.95. The molecule has 2 amide bonds. The van der Waals surface area contributed by atoms with Gasteiger partial charge in [0.2, 0.25) is 5.91 Å². The number of nitrogens with one attached hydrogen (secondary N) is 1. The van der Waals surface area contributed by atoms with Crippen molar-refractivity contribution in [2.45, 2.75) is 37.5 Å². The number of amides is 2. The molecule has 0 aliphatic carbocycles. The summed E-state index contributed by atoms with van der Waals surface area (Å²) in [4.78, 5) is 30.3. The Morgan fingerprint density at radius 2 is 1.51 bits per heavy atom. The van der Waals surface area contributed by atoms with Gasteiger partial charge >= 0.3 is 0 Å². The molecule has 0 unspecified atom stereocenters. The van der Waals surface area contributed by atoms with E-state index in [0.29, 0.717) is 49.7 Å². The fourth-order valence-electron chi connectivity index (χ4n) is 5.15. The van der Waals surface area contributed by atoms with Gasteiger partial charge in [-0.25, -0.2) is 0 Å². The first-order valence-electron chi connectivity index (χ1n) is 12.4. The Kier molecular flexibility index (Phi) is 8.75. The monoisotopic (exact) mass is 539 g/mol. The van der Waals surface area contributed by atoms with Crippen molar-refractivity contribution in [3.05, 3.63) is 101 Å². The number of rotatable bonds is 7. The topological polar surface area (TPSA) is 61.9 Å². The van der Waals surface area contributed by atoms with Gasteiger partial charge in [-0.15, -0.1) is 12.4 Å². The summed E-state index contributed by atoms with van der Waals surface area (Å²) >= 11 is 5.92. The number of benzene rings is 3. The van der Waals surface area contributed by atoms with Crippen molar-refractivity contribution in [2.24, 2.45) is 0 Å². The third kappa shape index (κ3) is 6.27. The number of nitrogens with zero attached hydrogens (tertiary/aromatic N) is 2. The van der Waals surface area contributed by atoms with Crippen molar-refractivity contribution in [2.75, 3.05) is 19.7 Å². The normalized spacial score (nSPS) is 18.5. The number of likely N-dealkylation sites (tertiary alicyclic amines) is 1. The van der Waals surface area contributed by atoms with Crippen molar-refractivity contribution in [3.63, 3.8) is 0 Å². The van der Waals surface area contributed by atoms with Gasteiger partial charge in [0.1, 0.15) is 5.75 Å². The summed E-state index contributed by atoms with van der Waals surface area (Å²) in [7, 11) is 0. The van der Waals surface area contributed by atoms with Crippen LogP contribution in [0.3, 0.4) is 0 Å². The van der Waals surface area contributed by atoms with Crippen LogP contribution in [0.15, 0.2) is 84.9 Å². The number of hydrogen-bond donors (Lipinski definition) is 1. The van der Waals surface area contributed by atoms with Crippen LogP contribution < -0.4 is 10.1 Å². The third-order valence-electron chi connectivity index (χ3n) is 7.11. The first-order chi connectivity index (χ1) is 17.5. The summed E-state index contributed by atoms with van der Waals surface area (Å²) in [5, 5.41) is 4.32. The predicted molar refractivity (Wildman–Crippen MR) is 147 cm³/mol. The first-order valence-corrected chi connectivity index (χ1v) is 12.7. The number of carbonyl (C=O) groups excluding carboxylic acids is 2. The minimum Gasteiger partial charge on any atom is -0.484 e. The number of piperidine rings is 1. The average Bonchev–Trinajstić information content (AvgIpc) is 3.15. The highest BCUT2D eigenvalue weighted by atomic mass is 35.5. The van der Waals surface area contributed by atoms with Gasteiger partial charge in [-0.2, -0.15) is 0 Å². The molecular formula is C29H31Cl2N3O3. The van der Waals surface area contributed by atoms with Gasteiger partial charge in [0.25, 0.3) is 5.91 Å². The zero-order chi connectivity index (χ0) is 25.0. The number of carbonyl (C=O) groups is 2. The molecule has 0 aromatic heterocycles. The Bertz CT molecular complexity index is 1180. The maximum Gasteiger partial charge on any atom is 0.260 e. The van der Waals surface area contributed by atoms with Crippen molar-refractivity contribution in [1.29, 1.82) is 0 Å². The molecule has 2 heterocycles. The van der Waals surface area contributed by atoms with Gasteiger partial charge in [0.05, 0.1) is 11.7 Å². The molecule has 5 rings (SSSR count). The van der Waals surface area contributed by atoms with E-state index >= 15 is 0 Å². The van der Waals surface area contributed by atoms with E-state index in [1.165, 1.54) is 0 Å². The lowest BCUT2D eigenvalue weighted by molar-refractivity contribution is -0.139. The molecule has 6 nitrogen and oxygen atoms in total. The molecule has 2 aliphatic heterocycles. The van der Waals surface area contributed by atoms with Gasteiger partial charge in [0.15, 0.2) is 6.61 Å². The van der Waals surface area contributed by atoms with E-state index in [9.17, 15) is 9.59 Å². The van der Waals surface area contributed by atoms with Crippen LogP contribution in [-0.4, -0.2) is 53.0 Å². The van der Waals surface area contributed by atoms with Crippen molar-refractivity contribution < 1.29 is 14.3 Å². The molecule has 0 saturated carbocycles. The van der Waals surface area contributed by atoms with Crippen LogP contribution in [0, 0.1) is 0 Å². The summed E-state index contributed by atoms with van der Waals surface area (Å²) in [5.41, 5.74) is 1.76. The summed E-state index contributed by atoms with van der Waals surface area (Å²) < 4.78 is 5.66. The highest BCUT2D eigenvalue weighted by molar-refractivity contribution is 6.30. The molecule has 2 saturated heterocycles. The van der Waals surface area contributed by atoms with Crippen molar-refractivity contribution >= 4 is 35.8 Å². The van der Waals surface area contributed by atoms with Crippen molar-refractivity contribution in [3.8, 4) is 5.75 Å². The average molecular weight is 540 g/mol. The molecule has 3 aromatic rings. The van der Waals surface area contributed by atoms with Gasteiger partial charge in [0, 0.05) is 37.5 Å².